The number of ketones is 1. The summed E-state index contributed by atoms with van der Waals surface area (Å²) in [5.41, 5.74) is 4.77. The van der Waals surface area contributed by atoms with Crippen molar-refractivity contribution in [2.24, 2.45) is 0 Å². The standard InChI is InChI=1S/C28H23NO4/c1-18-16-23(19(2)29(18)20-10-4-3-5-11-20)24(30)17-32-28(31)27-21-12-6-8-14-25(21)33-26-15-9-7-13-22(26)27/h3-16,27H,17H2,1-2H3. The fraction of sp³-hybridized carbons (Fsp3) is 0.143. The zero-order valence-electron chi connectivity index (χ0n) is 18.4. The first kappa shape index (κ1) is 20.8. The second-order valence-electron chi connectivity index (χ2n) is 8.10. The minimum Gasteiger partial charge on any atom is -0.457 e. The molecule has 1 aliphatic heterocycles. The van der Waals surface area contributed by atoms with Gasteiger partial charge in [0.2, 0.25) is 5.78 Å². The average molecular weight is 437 g/mol. The Morgan fingerprint density at radius 1 is 0.848 bits per heavy atom. The fourth-order valence-electron chi connectivity index (χ4n) is 4.48. The van der Waals surface area contributed by atoms with Crippen LogP contribution < -0.4 is 4.74 Å². The third-order valence-corrected chi connectivity index (χ3v) is 6.01. The van der Waals surface area contributed by atoms with Crippen LogP contribution >= 0.6 is 0 Å². The third-order valence-electron chi connectivity index (χ3n) is 6.01. The summed E-state index contributed by atoms with van der Waals surface area (Å²) >= 11 is 0. The van der Waals surface area contributed by atoms with Crippen molar-refractivity contribution in [2.45, 2.75) is 19.8 Å². The Kier molecular flexibility index (Phi) is 5.31. The van der Waals surface area contributed by atoms with E-state index in [2.05, 4.69) is 0 Å². The Bertz CT molecular complexity index is 1310. The summed E-state index contributed by atoms with van der Waals surface area (Å²) in [4.78, 5) is 26.2. The van der Waals surface area contributed by atoms with Crippen molar-refractivity contribution in [1.29, 1.82) is 0 Å². The van der Waals surface area contributed by atoms with Gasteiger partial charge in [-0.2, -0.15) is 0 Å². The lowest BCUT2D eigenvalue weighted by molar-refractivity contribution is -0.143. The maximum Gasteiger partial charge on any atom is 0.318 e. The molecule has 0 amide bonds. The minimum atomic E-state index is -0.643. The van der Waals surface area contributed by atoms with Crippen LogP contribution in [0.3, 0.4) is 0 Å². The number of hydrogen-bond acceptors (Lipinski definition) is 4. The van der Waals surface area contributed by atoms with Crippen LogP contribution in [0.25, 0.3) is 5.69 Å². The van der Waals surface area contributed by atoms with E-state index in [0.29, 0.717) is 17.1 Å². The van der Waals surface area contributed by atoms with Gasteiger partial charge in [0.25, 0.3) is 0 Å². The Balaban J connectivity index is 1.38. The van der Waals surface area contributed by atoms with Crippen LogP contribution in [0.2, 0.25) is 0 Å². The number of carbonyl (C=O) groups is 2. The topological polar surface area (TPSA) is 57.5 Å². The first-order chi connectivity index (χ1) is 16.0. The van der Waals surface area contributed by atoms with Gasteiger partial charge in [0.05, 0.1) is 0 Å². The molecule has 5 rings (SSSR count). The molecule has 0 bridgehead atoms. The van der Waals surface area contributed by atoms with Crippen molar-refractivity contribution >= 4 is 11.8 Å². The molecule has 0 radical (unpaired) electrons. The SMILES string of the molecule is Cc1cc(C(=O)COC(=O)C2c3ccccc3Oc3ccccc32)c(C)n1-c1ccccc1. The number of benzene rings is 3. The molecule has 0 aliphatic carbocycles. The first-order valence-corrected chi connectivity index (χ1v) is 10.8. The molecule has 0 saturated heterocycles. The second kappa shape index (κ2) is 8.43. The zero-order valence-corrected chi connectivity index (χ0v) is 18.4. The Hall–Kier alpha value is -4.12. The number of fused-ring (bicyclic) bond motifs is 2. The number of aromatic nitrogens is 1. The van der Waals surface area contributed by atoms with Gasteiger partial charge in [-0.1, -0.05) is 54.6 Å². The molecule has 4 aromatic rings. The van der Waals surface area contributed by atoms with E-state index < -0.39 is 11.9 Å². The molecule has 164 valence electrons. The lowest BCUT2D eigenvalue weighted by atomic mass is 9.88. The number of aryl methyl sites for hydroxylation is 1. The smallest absolute Gasteiger partial charge is 0.318 e. The van der Waals surface area contributed by atoms with Crippen LogP contribution in [-0.4, -0.2) is 22.9 Å². The molecule has 0 fully saturated rings. The van der Waals surface area contributed by atoms with Crippen LogP contribution in [0.15, 0.2) is 84.9 Å². The van der Waals surface area contributed by atoms with Crippen LogP contribution in [0.5, 0.6) is 11.5 Å². The molecular formula is C28H23NO4. The number of carbonyl (C=O) groups excluding carboxylic acids is 2. The summed E-state index contributed by atoms with van der Waals surface area (Å²) < 4.78 is 13.5. The summed E-state index contributed by atoms with van der Waals surface area (Å²) in [5.74, 6) is -0.0989. The number of para-hydroxylation sites is 3. The number of hydrogen-bond donors (Lipinski definition) is 0. The van der Waals surface area contributed by atoms with E-state index in [1.807, 2.05) is 103 Å². The van der Waals surface area contributed by atoms with Crippen molar-refractivity contribution < 1.29 is 19.1 Å². The number of nitrogens with zero attached hydrogens (tertiary/aromatic N) is 1. The molecule has 1 aliphatic rings. The fourth-order valence-corrected chi connectivity index (χ4v) is 4.48. The van der Waals surface area contributed by atoms with E-state index in [1.165, 1.54) is 0 Å². The van der Waals surface area contributed by atoms with Gasteiger partial charge in [0, 0.05) is 33.8 Å². The van der Waals surface area contributed by atoms with Crippen molar-refractivity contribution in [1.82, 2.24) is 4.57 Å². The first-order valence-electron chi connectivity index (χ1n) is 10.8. The molecule has 0 N–H and O–H groups in total. The Morgan fingerprint density at radius 2 is 1.42 bits per heavy atom. The monoisotopic (exact) mass is 437 g/mol. The molecular weight excluding hydrogens is 414 g/mol. The maximum absolute atomic E-state index is 13.2. The summed E-state index contributed by atoms with van der Waals surface area (Å²) in [6.45, 7) is 3.54. The summed E-state index contributed by atoms with van der Waals surface area (Å²) in [5, 5.41) is 0. The van der Waals surface area contributed by atoms with Crippen LogP contribution in [0.4, 0.5) is 0 Å². The molecule has 1 aromatic heterocycles. The van der Waals surface area contributed by atoms with E-state index >= 15 is 0 Å². The highest BCUT2D eigenvalue weighted by Gasteiger charge is 2.34. The highest BCUT2D eigenvalue weighted by atomic mass is 16.5. The van der Waals surface area contributed by atoms with E-state index in [0.717, 1.165) is 28.2 Å². The van der Waals surface area contributed by atoms with Crippen molar-refractivity contribution in [3.05, 3.63) is 113 Å². The van der Waals surface area contributed by atoms with Crippen LogP contribution in [-0.2, 0) is 9.53 Å². The number of Topliss-reactive ketones (excluding diaryl/α,β-unsaturated/α-hetero) is 1. The summed E-state index contributed by atoms with van der Waals surface area (Å²) in [7, 11) is 0. The lowest BCUT2D eigenvalue weighted by Gasteiger charge is -2.26. The number of ether oxygens (including phenoxy) is 2. The molecule has 5 nitrogen and oxygen atoms in total. The summed E-state index contributed by atoms with van der Waals surface area (Å²) in [6.07, 6.45) is 0. The molecule has 5 heteroatoms. The quantitative estimate of drug-likeness (QED) is 0.294. The largest absolute Gasteiger partial charge is 0.457 e. The molecule has 0 atom stereocenters. The van der Waals surface area contributed by atoms with Gasteiger partial charge in [-0.15, -0.1) is 0 Å². The van der Waals surface area contributed by atoms with Crippen LogP contribution in [0.1, 0.15) is 38.8 Å². The molecule has 33 heavy (non-hydrogen) atoms. The van der Waals surface area contributed by atoms with E-state index in [1.54, 1.807) is 0 Å². The Labute approximate surface area is 192 Å². The van der Waals surface area contributed by atoms with Gasteiger partial charge in [0.1, 0.15) is 17.4 Å². The van der Waals surface area contributed by atoms with Gasteiger partial charge in [-0.05, 0) is 44.2 Å². The van der Waals surface area contributed by atoms with E-state index in [9.17, 15) is 9.59 Å². The van der Waals surface area contributed by atoms with Crippen molar-refractivity contribution in [2.75, 3.05) is 6.61 Å². The van der Waals surface area contributed by atoms with Crippen molar-refractivity contribution in [3.8, 4) is 17.2 Å². The average Bonchev–Trinajstić information content (AvgIpc) is 3.15. The molecule has 3 aromatic carbocycles. The Morgan fingerprint density at radius 3 is 2.06 bits per heavy atom. The lowest BCUT2D eigenvalue weighted by Crippen LogP contribution is -2.23. The second-order valence-corrected chi connectivity index (χ2v) is 8.10. The van der Waals surface area contributed by atoms with E-state index in [4.69, 9.17) is 9.47 Å². The van der Waals surface area contributed by atoms with Gasteiger partial charge >= 0.3 is 5.97 Å². The van der Waals surface area contributed by atoms with Gasteiger partial charge < -0.3 is 14.0 Å². The third kappa shape index (κ3) is 3.72. The minimum absolute atomic E-state index is 0.229. The van der Waals surface area contributed by atoms with Gasteiger partial charge in [-0.3, -0.25) is 9.59 Å². The predicted octanol–water partition coefficient (Wildman–Crippen LogP) is 5.76. The summed E-state index contributed by atoms with van der Waals surface area (Å²) in [6, 6.07) is 26.5. The van der Waals surface area contributed by atoms with Gasteiger partial charge in [-0.25, -0.2) is 0 Å². The van der Waals surface area contributed by atoms with Crippen LogP contribution in [0, 0.1) is 13.8 Å². The molecule has 0 unspecified atom stereocenters. The molecule has 0 saturated carbocycles. The maximum atomic E-state index is 13.2. The van der Waals surface area contributed by atoms with Gasteiger partial charge in [0.15, 0.2) is 6.61 Å². The molecule has 0 spiro atoms. The zero-order chi connectivity index (χ0) is 22.9. The van der Waals surface area contributed by atoms with E-state index in [-0.39, 0.29) is 12.4 Å². The highest BCUT2D eigenvalue weighted by molar-refractivity contribution is 6.00. The molecule has 2 heterocycles. The normalized spacial score (nSPS) is 12.4. The highest BCUT2D eigenvalue weighted by Crippen LogP contribution is 2.44. The van der Waals surface area contributed by atoms with Crippen molar-refractivity contribution in [3.63, 3.8) is 0 Å². The predicted molar refractivity (Wildman–Crippen MR) is 125 cm³/mol. The number of rotatable bonds is 5. The number of esters is 1.